The molecule has 0 aliphatic heterocycles. The molecule has 136 valence electrons. The average molecular weight is 552 g/mol. The van der Waals surface area contributed by atoms with Gasteiger partial charge >= 0.3 is 0 Å². The SMILES string of the molecule is O=C(COc1c(Br)cc(Br)cc1Br)NN=Cc1cc([N+](=O)[O-])ccc1O. The number of hydrazone groups is 1. The van der Waals surface area contributed by atoms with Crippen molar-refractivity contribution < 1.29 is 19.6 Å². The molecule has 0 heterocycles. The molecule has 1 amide bonds. The molecule has 8 nitrogen and oxygen atoms in total. The van der Waals surface area contributed by atoms with Crippen LogP contribution in [0.4, 0.5) is 5.69 Å². The van der Waals surface area contributed by atoms with E-state index in [1.807, 2.05) is 0 Å². The van der Waals surface area contributed by atoms with E-state index >= 15 is 0 Å². The summed E-state index contributed by atoms with van der Waals surface area (Å²) in [6, 6.07) is 7.00. The topological polar surface area (TPSA) is 114 Å². The summed E-state index contributed by atoms with van der Waals surface area (Å²) < 4.78 is 7.55. The molecule has 26 heavy (non-hydrogen) atoms. The van der Waals surface area contributed by atoms with Gasteiger partial charge in [0.2, 0.25) is 0 Å². The van der Waals surface area contributed by atoms with Gasteiger partial charge in [0.15, 0.2) is 6.61 Å². The zero-order valence-corrected chi connectivity index (χ0v) is 17.5. The van der Waals surface area contributed by atoms with Gasteiger partial charge in [-0.25, -0.2) is 5.43 Å². The lowest BCUT2D eigenvalue weighted by atomic mass is 10.2. The van der Waals surface area contributed by atoms with Crippen LogP contribution in [0.1, 0.15) is 5.56 Å². The Morgan fingerprint density at radius 3 is 2.54 bits per heavy atom. The maximum atomic E-state index is 11.8. The van der Waals surface area contributed by atoms with Crippen molar-refractivity contribution in [3.63, 3.8) is 0 Å². The quantitative estimate of drug-likeness (QED) is 0.318. The number of amides is 1. The molecule has 0 bridgehead atoms. The smallest absolute Gasteiger partial charge is 0.277 e. The number of carbonyl (C=O) groups excluding carboxylic acids is 1. The number of rotatable bonds is 6. The minimum Gasteiger partial charge on any atom is -0.507 e. The Morgan fingerprint density at radius 2 is 1.92 bits per heavy atom. The number of carbonyl (C=O) groups is 1. The highest BCUT2D eigenvalue weighted by Gasteiger charge is 2.11. The Hall–Kier alpha value is -1.98. The van der Waals surface area contributed by atoms with E-state index in [1.165, 1.54) is 6.07 Å². The Balaban J connectivity index is 1.96. The first kappa shape index (κ1) is 20.3. The Labute approximate surface area is 172 Å². The molecule has 0 unspecified atom stereocenters. The number of non-ortho nitro benzene ring substituents is 1. The fourth-order valence-electron chi connectivity index (χ4n) is 1.77. The number of hydrogen-bond donors (Lipinski definition) is 2. The number of phenolic OH excluding ortho intramolecular Hbond substituents is 1. The monoisotopic (exact) mass is 549 g/mol. The first-order chi connectivity index (χ1) is 12.3. The van der Waals surface area contributed by atoms with Crippen LogP contribution in [0.2, 0.25) is 0 Å². The zero-order valence-electron chi connectivity index (χ0n) is 12.8. The van der Waals surface area contributed by atoms with Gasteiger partial charge in [0, 0.05) is 22.2 Å². The highest BCUT2D eigenvalue weighted by molar-refractivity contribution is 9.11. The van der Waals surface area contributed by atoms with Gasteiger partial charge < -0.3 is 9.84 Å². The Bertz CT molecular complexity index is 866. The summed E-state index contributed by atoms with van der Waals surface area (Å²) in [7, 11) is 0. The lowest BCUT2D eigenvalue weighted by Crippen LogP contribution is -2.24. The molecule has 0 aliphatic carbocycles. The molecule has 2 rings (SSSR count). The van der Waals surface area contributed by atoms with Crippen molar-refractivity contribution in [1.82, 2.24) is 5.43 Å². The summed E-state index contributed by atoms with van der Waals surface area (Å²) in [4.78, 5) is 21.9. The zero-order chi connectivity index (χ0) is 19.3. The summed E-state index contributed by atoms with van der Waals surface area (Å²) in [5.41, 5.74) is 2.10. The normalized spacial score (nSPS) is 10.7. The molecule has 0 saturated carbocycles. The van der Waals surface area contributed by atoms with Crippen LogP contribution in [-0.2, 0) is 4.79 Å². The molecule has 11 heteroatoms. The number of phenols is 1. The molecule has 2 aromatic carbocycles. The molecule has 0 aliphatic rings. The number of nitrogens with one attached hydrogen (secondary N) is 1. The van der Waals surface area contributed by atoms with Crippen molar-refractivity contribution in [2.45, 2.75) is 0 Å². The average Bonchev–Trinajstić information content (AvgIpc) is 2.55. The third-order valence-electron chi connectivity index (χ3n) is 2.93. The predicted octanol–water partition coefficient (Wildman–Crippen LogP) is 4.12. The van der Waals surface area contributed by atoms with Crippen LogP contribution in [0, 0.1) is 10.1 Å². The standard InChI is InChI=1S/C15H10Br3N3O5/c16-9-4-11(17)15(12(18)5-9)26-7-14(23)20-19-6-8-3-10(21(24)25)1-2-13(8)22/h1-6,22H,7H2,(H,20,23). The van der Waals surface area contributed by atoms with Crippen molar-refractivity contribution >= 4 is 65.6 Å². The van der Waals surface area contributed by atoms with Crippen LogP contribution in [0.25, 0.3) is 0 Å². The summed E-state index contributed by atoms with van der Waals surface area (Å²) in [6.45, 7) is -0.308. The van der Waals surface area contributed by atoms with Gasteiger partial charge in [-0.3, -0.25) is 14.9 Å². The van der Waals surface area contributed by atoms with E-state index in [0.717, 1.165) is 22.8 Å². The number of ether oxygens (including phenoxy) is 1. The number of halogens is 3. The summed E-state index contributed by atoms with van der Waals surface area (Å²) in [6.07, 6.45) is 1.10. The van der Waals surface area contributed by atoms with Gasteiger partial charge in [-0.15, -0.1) is 0 Å². The summed E-state index contributed by atoms with van der Waals surface area (Å²) >= 11 is 9.98. The van der Waals surface area contributed by atoms with Crippen molar-refractivity contribution in [3.8, 4) is 11.5 Å². The lowest BCUT2D eigenvalue weighted by Gasteiger charge is -2.09. The minimum atomic E-state index is -0.600. The fraction of sp³-hybridized carbons (Fsp3) is 0.0667. The van der Waals surface area contributed by atoms with Crippen LogP contribution >= 0.6 is 47.8 Å². The highest BCUT2D eigenvalue weighted by Crippen LogP contribution is 2.36. The molecule has 2 N–H and O–H groups in total. The molecular formula is C15H10Br3N3O5. The number of benzene rings is 2. The number of aromatic hydroxyl groups is 1. The van der Waals surface area contributed by atoms with E-state index in [4.69, 9.17) is 4.74 Å². The predicted molar refractivity (Wildman–Crippen MR) is 106 cm³/mol. The van der Waals surface area contributed by atoms with Gasteiger partial charge in [0.25, 0.3) is 11.6 Å². The van der Waals surface area contributed by atoms with Gasteiger partial charge in [0.05, 0.1) is 20.1 Å². The van der Waals surface area contributed by atoms with Crippen LogP contribution in [0.3, 0.4) is 0 Å². The lowest BCUT2D eigenvalue weighted by molar-refractivity contribution is -0.384. The maximum absolute atomic E-state index is 11.8. The van der Waals surface area contributed by atoms with Crippen molar-refractivity contribution in [2.24, 2.45) is 5.10 Å². The van der Waals surface area contributed by atoms with E-state index in [2.05, 4.69) is 58.3 Å². The first-order valence-electron chi connectivity index (χ1n) is 6.84. The third kappa shape index (κ3) is 5.51. The van der Waals surface area contributed by atoms with Crippen LogP contribution in [-0.4, -0.2) is 28.8 Å². The summed E-state index contributed by atoms with van der Waals surface area (Å²) in [5.74, 6) is -0.302. The Kier molecular flexibility index (Phi) is 7.12. The van der Waals surface area contributed by atoms with Crippen molar-refractivity contribution in [2.75, 3.05) is 6.61 Å². The number of nitro groups is 1. The van der Waals surface area contributed by atoms with Gasteiger partial charge in [-0.05, 0) is 50.1 Å². The molecule has 2 aromatic rings. The van der Waals surface area contributed by atoms with E-state index in [-0.39, 0.29) is 23.6 Å². The molecule has 0 saturated heterocycles. The second-order valence-electron chi connectivity index (χ2n) is 4.78. The molecule has 0 radical (unpaired) electrons. The number of nitro benzene ring substituents is 1. The van der Waals surface area contributed by atoms with Gasteiger partial charge in [0.1, 0.15) is 11.5 Å². The molecule has 0 atom stereocenters. The molecule has 0 spiro atoms. The van der Waals surface area contributed by atoms with Gasteiger partial charge in [-0.1, -0.05) is 15.9 Å². The van der Waals surface area contributed by atoms with Crippen molar-refractivity contribution in [1.29, 1.82) is 0 Å². The number of hydrogen-bond acceptors (Lipinski definition) is 6. The van der Waals surface area contributed by atoms with E-state index in [1.54, 1.807) is 12.1 Å². The van der Waals surface area contributed by atoms with E-state index in [9.17, 15) is 20.0 Å². The molecular weight excluding hydrogens is 542 g/mol. The second-order valence-corrected chi connectivity index (χ2v) is 7.40. The minimum absolute atomic E-state index is 0.0961. The van der Waals surface area contributed by atoms with E-state index < -0.39 is 10.8 Å². The Morgan fingerprint density at radius 1 is 1.27 bits per heavy atom. The van der Waals surface area contributed by atoms with Crippen LogP contribution < -0.4 is 10.2 Å². The van der Waals surface area contributed by atoms with Crippen LogP contribution in [0.15, 0.2) is 48.9 Å². The highest BCUT2D eigenvalue weighted by atomic mass is 79.9. The number of nitrogens with zero attached hydrogens (tertiary/aromatic N) is 2. The van der Waals surface area contributed by atoms with Crippen LogP contribution in [0.5, 0.6) is 11.5 Å². The maximum Gasteiger partial charge on any atom is 0.277 e. The van der Waals surface area contributed by atoms with Crippen molar-refractivity contribution in [3.05, 3.63) is 59.4 Å². The molecule has 0 aromatic heterocycles. The summed E-state index contributed by atoms with van der Waals surface area (Å²) in [5, 5.41) is 24.0. The first-order valence-corrected chi connectivity index (χ1v) is 9.22. The van der Waals surface area contributed by atoms with Gasteiger partial charge in [-0.2, -0.15) is 5.10 Å². The second kappa shape index (κ2) is 9.10. The van der Waals surface area contributed by atoms with E-state index in [0.29, 0.717) is 14.7 Å². The largest absolute Gasteiger partial charge is 0.507 e. The molecule has 0 fully saturated rings. The fourth-order valence-corrected chi connectivity index (χ4v) is 4.26. The third-order valence-corrected chi connectivity index (χ3v) is 4.56.